The van der Waals surface area contributed by atoms with Gasteiger partial charge in [0.1, 0.15) is 0 Å². The minimum absolute atomic E-state index is 0.00421. The van der Waals surface area contributed by atoms with Crippen molar-refractivity contribution in [1.82, 2.24) is 10.2 Å². The van der Waals surface area contributed by atoms with Crippen LogP contribution in [0.15, 0.2) is 82.9 Å². The fraction of sp³-hybridized carbons (Fsp3) is 0.333. The lowest BCUT2D eigenvalue weighted by molar-refractivity contribution is -0.132. The maximum atomic E-state index is 13.9. The zero-order valence-electron chi connectivity index (χ0n) is 22.2. The molecule has 1 aliphatic heterocycles. The lowest BCUT2D eigenvalue weighted by Crippen LogP contribution is -2.45. The van der Waals surface area contributed by atoms with E-state index in [9.17, 15) is 22.8 Å². The van der Waals surface area contributed by atoms with Gasteiger partial charge >= 0.3 is 6.18 Å². The van der Waals surface area contributed by atoms with Crippen molar-refractivity contribution in [3.05, 3.63) is 94.6 Å². The first-order valence-corrected chi connectivity index (χ1v) is 12.9. The first-order chi connectivity index (χ1) is 18.9. The largest absolute Gasteiger partial charge is 0.413 e. The number of nitrogens with one attached hydrogen (secondary N) is 1. The maximum absolute atomic E-state index is 13.9. The predicted octanol–water partition coefficient (Wildman–Crippen LogP) is 4.71. The first kappa shape index (κ1) is 28.6. The molecular weight excluding hydrogens is 519 g/mol. The molecule has 0 bridgehead atoms. The van der Waals surface area contributed by atoms with Gasteiger partial charge in [0.05, 0.1) is 24.1 Å². The summed E-state index contributed by atoms with van der Waals surface area (Å²) in [5, 5.41) is 11.5. The third-order valence-electron chi connectivity index (χ3n) is 7.03. The number of allylic oxidation sites excluding steroid dienone is 2. The Hall–Kier alpha value is -4.39. The number of carbonyl (C=O) groups excluding carboxylic acids is 2. The van der Waals surface area contributed by atoms with Gasteiger partial charge in [0, 0.05) is 12.1 Å². The van der Waals surface area contributed by atoms with Crippen molar-refractivity contribution in [2.45, 2.75) is 44.9 Å². The number of carbonyl (C=O) groups is 2. The Balaban J connectivity index is 1.54. The average Bonchev–Trinajstić information content (AvgIpc) is 3.16. The molecule has 0 saturated heterocycles. The quantitative estimate of drug-likeness (QED) is 0.497. The van der Waals surface area contributed by atoms with Crippen molar-refractivity contribution in [3.63, 3.8) is 0 Å². The topological polar surface area (TPSA) is 112 Å². The summed E-state index contributed by atoms with van der Waals surface area (Å²) >= 11 is 0. The second-order valence-electron chi connectivity index (χ2n) is 10.4. The summed E-state index contributed by atoms with van der Waals surface area (Å²) in [6.45, 7) is 3.87. The molecule has 0 saturated carbocycles. The van der Waals surface area contributed by atoms with Gasteiger partial charge in [-0.05, 0) is 47.6 Å². The highest BCUT2D eigenvalue weighted by Gasteiger charge is 2.50. The van der Waals surface area contributed by atoms with Gasteiger partial charge in [-0.1, -0.05) is 68.5 Å². The molecule has 0 fully saturated rings. The predicted molar refractivity (Wildman–Crippen MR) is 144 cm³/mol. The highest BCUT2D eigenvalue weighted by Crippen LogP contribution is 2.41. The SMILES string of the molecule is CC(C)CC1(c2ccccc2)N=C(N)N(CC2=CC=C(C(F)(F)F)C(C(=O)NCc3ccc(C#N)cc3)C2)C1=O. The highest BCUT2D eigenvalue weighted by molar-refractivity contribution is 6.07. The van der Waals surface area contributed by atoms with Crippen LogP contribution in [0, 0.1) is 23.2 Å². The molecule has 2 aromatic rings. The molecule has 10 heteroatoms. The Kier molecular flexibility index (Phi) is 8.14. The van der Waals surface area contributed by atoms with Gasteiger partial charge in [-0.2, -0.15) is 18.4 Å². The molecule has 2 amide bonds. The fourth-order valence-electron chi connectivity index (χ4n) is 5.15. The van der Waals surface area contributed by atoms with E-state index < -0.39 is 29.1 Å². The van der Waals surface area contributed by atoms with E-state index in [1.165, 1.54) is 11.0 Å². The zero-order valence-corrected chi connectivity index (χ0v) is 22.2. The molecule has 0 aromatic heterocycles. The second kappa shape index (κ2) is 11.4. The molecule has 2 aromatic carbocycles. The number of nitrogens with two attached hydrogens (primary N) is 1. The van der Waals surface area contributed by atoms with Crippen LogP contribution in [-0.2, 0) is 21.7 Å². The van der Waals surface area contributed by atoms with Gasteiger partial charge < -0.3 is 11.1 Å². The van der Waals surface area contributed by atoms with E-state index in [4.69, 9.17) is 11.0 Å². The van der Waals surface area contributed by atoms with Crippen molar-refractivity contribution < 1.29 is 22.8 Å². The number of hydrogen-bond donors (Lipinski definition) is 2. The first-order valence-electron chi connectivity index (χ1n) is 12.9. The van der Waals surface area contributed by atoms with Crippen LogP contribution >= 0.6 is 0 Å². The molecule has 2 atom stereocenters. The van der Waals surface area contributed by atoms with E-state index in [0.29, 0.717) is 28.7 Å². The zero-order chi connectivity index (χ0) is 29.1. The van der Waals surface area contributed by atoms with E-state index in [-0.39, 0.29) is 37.3 Å². The van der Waals surface area contributed by atoms with Gasteiger partial charge in [0.15, 0.2) is 11.5 Å². The van der Waals surface area contributed by atoms with Crippen molar-refractivity contribution in [2.75, 3.05) is 6.54 Å². The number of aliphatic imine (C=N–C) groups is 1. The Morgan fingerprint density at radius 3 is 2.45 bits per heavy atom. The summed E-state index contributed by atoms with van der Waals surface area (Å²) in [5.74, 6) is -2.53. The summed E-state index contributed by atoms with van der Waals surface area (Å²) in [6, 6.07) is 17.5. The van der Waals surface area contributed by atoms with Gasteiger partial charge in [-0.15, -0.1) is 0 Å². The van der Waals surface area contributed by atoms with Crippen LogP contribution in [0.3, 0.4) is 0 Å². The number of rotatable bonds is 8. The van der Waals surface area contributed by atoms with Crippen LogP contribution in [0.4, 0.5) is 13.2 Å². The van der Waals surface area contributed by atoms with Crippen LogP contribution in [-0.4, -0.2) is 35.4 Å². The standard InChI is InChI=1S/C30H30F3N5O2/c1-19(2)15-29(23-6-4-3-5-7-23)27(40)38(28(35)37-29)18-22-12-13-25(30(31,32)33)24(14-22)26(39)36-17-21-10-8-20(16-34)9-11-21/h3-13,19,24H,14-15,17-18H2,1-2H3,(H2,35,37)(H,36,39). The lowest BCUT2D eigenvalue weighted by atomic mass is 9.82. The molecule has 0 spiro atoms. The van der Waals surface area contributed by atoms with Crippen LogP contribution in [0.1, 0.15) is 43.4 Å². The van der Waals surface area contributed by atoms with Crippen LogP contribution in [0.2, 0.25) is 0 Å². The van der Waals surface area contributed by atoms with E-state index in [0.717, 1.165) is 6.08 Å². The smallest absolute Gasteiger partial charge is 0.369 e. The third kappa shape index (κ3) is 5.93. The molecular formula is C30H30F3N5O2. The van der Waals surface area contributed by atoms with Gasteiger partial charge in [-0.25, -0.2) is 4.99 Å². The van der Waals surface area contributed by atoms with Crippen LogP contribution < -0.4 is 11.1 Å². The molecule has 2 unspecified atom stereocenters. The summed E-state index contributed by atoms with van der Waals surface area (Å²) in [6.07, 6.45) is -2.33. The number of alkyl halides is 3. The van der Waals surface area contributed by atoms with Crippen molar-refractivity contribution in [1.29, 1.82) is 5.26 Å². The van der Waals surface area contributed by atoms with Crippen LogP contribution in [0.25, 0.3) is 0 Å². The van der Waals surface area contributed by atoms with Crippen molar-refractivity contribution in [2.24, 2.45) is 22.6 Å². The molecule has 40 heavy (non-hydrogen) atoms. The van der Waals surface area contributed by atoms with Gasteiger partial charge in [0.25, 0.3) is 5.91 Å². The van der Waals surface area contributed by atoms with E-state index in [1.807, 2.05) is 50.2 Å². The molecule has 7 nitrogen and oxygen atoms in total. The number of guanidine groups is 1. The highest BCUT2D eigenvalue weighted by atomic mass is 19.4. The monoisotopic (exact) mass is 549 g/mol. The normalized spacial score (nSPS) is 21.0. The number of nitrogens with zero attached hydrogens (tertiary/aromatic N) is 3. The van der Waals surface area contributed by atoms with Crippen molar-refractivity contribution >= 4 is 17.8 Å². The summed E-state index contributed by atoms with van der Waals surface area (Å²) in [5.41, 5.74) is 6.27. The molecule has 1 aliphatic carbocycles. The molecule has 1 heterocycles. The molecule has 4 rings (SSSR count). The number of nitriles is 1. The van der Waals surface area contributed by atoms with E-state index >= 15 is 0 Å². The number of amides is 2. The summed E-state index contributed by atoms with van der Waals surface area (Å²) in [4.78, 5) is 32.7. The Labute approximate surface area is 230 Å². The summed E-state index contributed by atoms with van der Waals surface area (Å²) < 4.78 is 41.6. The molecule has 3 N–H and O–H groups in total. The van der Waals surface area contributed by atoms with Gasteiger partial charge in [0.2, 0.25) is 5.91 Å². The van der Waals surface area contributed by atoms with Crippen LogP contribution in [0.5, 0.6) is 0 Å². The number of hydrogen-bond acceptors (Lipinski definition) is 5. The van der Waals surface area contributed by atoms with Crippen molar-refractivity contribution in [3.8, 4) is 6.07 Å². The maximum Gasteiger partial charge on any atom is 0.413 e. The van der Waals surface area contributed by atoms with E-state index in [1.54, 1.807) is 24.3 Å². The van der Waals surface area contributed by atoms with Gasteiger partial charge in [-0.3, -0.25) is 14.5 Å². The number of benzene rings is 2. The summed E-state index contributed by atoms with van der Waals surface area (Å²) in [7, 11) is 0. The minimum Gasteiger partial charge on any atom is -0.369 e. The minimum atomic E-state index is -4.71. The third-order valence-corrected chi connectivity index (χ3v) is 7.03. The fourth-order valence-corrected chi connectivity index (χ4v) is 5.15. The molecule has 2 aliphatic rings. The molecule has 0 radical (unpaired) electrons. The Morgan fingerprint density at radius 2 is 1.85 bits per heavy atom. The number of halogens is 3. The Bertz CT molecular complexity index is 1410. The average molecular weight is 550 g/mol. The Morgan fingerprint density at radius 1 is 1.18 bits per heavy atom. The van der Waals surface area contributed by atoms with E-state index in [2.05, 4.69) is 10.3 Å². The second-order valence-corrected chi connectivity index (χ2v) is 10.4. The molecule has 208 valence electrons. The lowest BCUT2D eigenvalue weighted by Gasteiger charge is -2.30.